The van der Waals surface area contributed by atoms with Crippen molar-refractivity contribution in [3.63, 3.8) is 0 Å². The predicted octanol–water partition coefficient (Wildman–Crippen LogP) is 2.28. The molecule has 2 aromatic rings. The molecule has 0 aliphatic carbocycles. The Morgan fingerprint density at radius 3 is 2.27 bits per heavy atom. The summed E-state index contributed by atoms with van der Waals surface area (Å²) in [4.78, 5) is 12.3. The average Bonchev–Trinajstić information content (AvgIpc) is 2.66. The van der Waals surface area contributed by atoms with Gasteiger partial charge in [0.15, 0.2) is 0 Å². The maximum atomic E-state index is 12.1. The van der Waals surface area contributed by atoms with Crippen LogP contribution in [0.25, 0.3) is 0 Å². The van der Waals surface area contributed by atoms with Gasteiger partial charge in [-0.15, -0.1) is 0 Å². The van der Waals surface area contributed by atoms with Crippen LogP contribution in [0, 0.1) is 11.3 Å². The van der Waals surface area contributed by atoms with Gasteiger partial charge in [-0.25, -0.2) is 13.1 Å². The van der Waals surface area contributed by atoms with E-state index >= 15 is 0 Å². The number of sulfonamides is 1. The Balaban J connectivity index is 1.89. The van der Waals surface area contributed by atoms with Gasteiger partial charge < -0.3 is 5.32 Å². The van der Waals surface area contributed by atoms with Gasteiger partial charge in [-0.3, -0.25) is 4.79 Å². The van der Waals surface area contributed by atoms with E-state index in [9.17, 15) is 13.2 Å². The van der Waals surface area contributed by atoms with Crippen molar-refractivity contribution in [2.45, 2.75) is 30.7 Å². The van der Waals surface area contributed by atoms with Gasteiger partial charge in [0, 0.05) is 6.42 Å². The highest BCUT2D eigenvalue weighted by Gasteiger charge is 2.12. The van der Waals surface area contributed by atoms with Crippen molar-refractivity contribution in [3.8, 4) is 6.07 Å². The summed E-state index contributed by atoms with van der Waals surface area (Å²) in [7, 11) is -2.08. The zero-order valence-electron chi connectivity index (χ0n) is 14.7. The van der Waals surface area contributed by atoms with Crippen LogP contribution in [0.1, 0.15) is 36.1 Å². The topological polar surface area (TPSA) is 99.1 Å². The second-order valence-electron chi connectivity index (χ2n) is 5.87. The van der Waals surface area contributed by atoms with E-state index in [1.54, 1.807) is 24.3 Å². The highest BCUT2D eigenvalue weighted by molar-refractivity contribution is 7.89. The maximum Gasteiger partial charge on any atom is 0.240 e. The Hall–Kier alpha value is -2.69. The van der Waals surface area contributed by atoms with E-state index < -0.39 is 10.0 Å². The number of nitrogens with one attached hydrogen (secondary N) is 2. The molecular formula is C19H21N3O3S. The minimum Gasteiger partial charge on any atom is -0.350 e. The van der Waals surface area contributed by atoms with Crippen LogP contribution in [-0.2, 0) is 21.2 Å². The van der Waals surface area contributed by atoms with Crippen molar-refractivity contribution >= 4 is 15.9 Å². The molecule has 2 N–H and O–H groups in total. The van der Waals surface area contributed by atoms with Crippen molar-refractivity contribution in [3.05, 3.63) is 65.2 Å². The first-order valence-corrected chi connectivity index (χ1v) is 9.66. The molecule has 0 spiro atoms. The van der Waals surface area contributed by atoms with Gasteiger partial charge in [0.2, 0.25) is 15.9 Å². The lowest BCUT2D eigenvalue weighted by Crippen LogP contribution is -2.26. The molecule has 26 heavy (non-hydrogen) atoms. The third kappa shape index (κ3) is 5.15. The number of hydrogen-bond acceptors (Lipinski definition) is 4. The first-order valence-electron chi connectivity index (χ1n) is 8.17. The second-order valence-corrected chi connectivity index (χ2v) is 7.76. The fourth-order valence-electron chi connectivity index (χ4n) is 2.45. The standard InChI is InChI=1S/C19H21N3O3S/c1-14(17-8-3-16(13-20)4-9-17)22-19(23)12-7-15-5-10-18(11-6-15)26(24,25)21-2/h3-6,8-11,14,21H,7,12H2,1-2H3,(H,22,23). The highest BCUT2D eigenvalue weighted by Crippen LogP contribution is 2.14. The van der Waals surface area contributed by atoms with Crippen LogP contribution in [-0.4, -0.2) is 21.4 Å². The quantitative estimate of drug-likeness (QED) is 0.780. The first kappa shape index (κ1) is 19.6. The summed E-state index contributed by atoms with van der Waals surface area (Å²) < 4.78 is 25.6. The van der Waals surface area contributed by atoms with Gasteiger partial charge in [-0.1, -0.05) is 24.3 Å². The third-order valence-electron chi connectivity index (χ3n) is 4.06. The molecule has 0 aromatic heterocycles. The lowest BCUT2D eigenvalue weighted by molar-refractivity contribution is -0.121. The van der Waals surface area contributed by atoms with E-state index in [1.807, 2.05) is 19.1 Å². The van der Waals surface area contributed by atoms with Crippen LogP contribution in [0.3, 0.4) is 0 Å². The summed E-state index contributed by atoms with van der Waals surface area (Å²) in [6.07, 6.45) is 0.824. The number of benzene rings is 2. The number of carbonyl (C=O) groups excluding carboxylic acids is 1. The molecule has 2 rings (SSSR count). The van der Waals surface area contributed by atoms with E-state index in [4.69, 9.17) is 5.26 Å². The van der Waals surface area contributed by atoms with Crippen LogP contribution in [0.4, 0.5) is 0 Å². The van der Waals surface area contributed by atoms with Crippen molar-refractivity contribution < 1.29 is 13.2 Å². The minimum absolute atomic E-state index is 0.0891. The van der Waals surface area contributed by atoms with Gasteiger partial charge in [-0.2, -0.15) is 5.26 Å². The van der Waals surface area contributed by atoms with E-state index in [0.717, 1.165) is 11.1 Å². The molecule has 0 heterocycles. The molecule has 7 heteroatoms. The van der Waals surface area contributed by atoms with Crippen molar-refractivity contribution in [2.24, 2.45) is 0 Å². The van der Waals surface area contributed by atoms with Gasteiger partial charge in [0.25, 0.3) is 0 Å². The summed E-state index contributed by atoms with van der Waals surface area (Å²) in [6, 6.07) is 15.5. The lowest BCUT2D eigenvalue weighted by atomic mass is 10.1. The van der Waals surface area contributed by atoms with Crippen molar-refractivity contribution in [1.82, 2.24) is 10.0 Å². The van der Waals surface area contributed by atoms with E-state index in [2.05, 4.69) is 16.1 Å². The number of amides is 1. The first-order chi connectivity index (χ1) is 12.4. The molecule has 1 unspecified atom stereocenters. The fraction of sp³-hybridized carbons (Fsp3) is 0.263. The Morgan fingerprint density at radius 1 is 1.12 bits per heavy atom. The van der Waals surface area contributed by atoms with Crippen LogP contribution in [0.15, 0.2) is 53.4 Å². The molecule has 136 valence electrons. The largest absolute Gasteiger partial charge is 0.350 e. The smallest absolute Gasteiger partial charge is 0.240 e. The average molecular weight is 371 g/mol. The number of nitrogens with zero attached hydrogens (tertiary/aromatic N) is 1. The Bertz CT molecular complexity index is 899. The SMILES string of the molecule is CNS(=O)(=O)c1ccc(CCC(=O)NC(C)c2ccc(C#N)cc2)cc1. The normalized spacial score (nSPS) is 12.2. The molecule has 0 radical (unpaired) electrons. The summed E-state index contributed by atoms with van der Waals surface area (Å²) in [5, 5.41) is 11.7. The van der Waals surface area contributed by atoms with Crippen LogP contribution in [0.5, 0.6) is 0 Å². The molecule has 1 atom stereocenters. The number of aryl methyl sites for hydroxylation is 1. The highest BCUT2D eigenvalue weighted by atomic mass is 32.2. The lowest BCUT2D eigenvalue weighted by Gasteiger charge is -2.14. The minimum atomic E-state index is -3.45. The molecule has 0 aliphatic rings. The summed E-state index contributed by atoms with van der Waals surface area (Å²) >= 11 is 0. The van der Waals surface area contributed by atoms with Gasteiger partial charge in [-0.05, 0) is 55.8 Å². The summed E-state index contributed by atoms with van der Waals surface area (Å²) in [5.74, 6) is -0.0891. The van der Waals surface area contributed by atoms with E-state index in [0.29, 0.717) is 18.4 Å². The van der Waals surface area contributed by atoms with Crippen LogP contribution >= 0.6 is 0 Å². The molecule has 2 aromatic carbocycles. The zero-order chi connectivity index (χ0) is 19.2. The molecule has 0 fully saturated rings. The fourth-order valence-corrected chi connectivity index (χ4v) is 3.18. The van der Waals surface area contributed by atoms with Gasteiger partial charge in [0.1, 0.15) is 0 Å². The third-order valence-corrected chi connectivity index (χ3v) is 5.49. The molecule has 0 saturated carbocycles. The number of hydrogen-bond donors (Lipinski definition) is 2. The molecule has 6 nitrogen and oxygen atoms in total. The van der Waals surface area contributed by atoms with Crippen LogP contribution < -0.4 is 10.0 Å². The summed E-state index contributed by atoms with van der Waals surface area (Å²) in [6.45, 7) is 1.89. The molecule has 0 bridgehead atoms. The predicted molar refractivity (Wildman–Crippen MR) is 98.7 cm³/mol. The maximum absolute atomic E-state index is 12.1. The number of nitriles is 1. The van der Waals surface area contributed by atoms with Crippen molar-refractivity contribution in [1.29, 1.82) is 5.26 Å². The van der Waals surface area contributed by atoms with Crippen LogP contribution in [0.2, 0.25) is 0 Å². The Kier molecular flexibility index (Phi) is 6.50. The monoisotopic (exact) mass is 371 g/mol. The van der Waals surface area contributed by atoms with Crippen molar-refractivity contribution in [2.75, 3.05) is 7.05 Å². The Morgan fingerprint density at radius 2 is 1.73 bits per heavy atom. The summed E-state index contributed by atoms with van der Waals surface area (Å²) in [5.41, 5.74) is 2.40. The van der Waals surface area contributed by atoms with Gasteiger partial charge in [0.05, 0.1) is 22.6 Å². The molecular weight excluding hydrogens is 350 g/mol. The van der Waals surface area contributed by atoms with Gasteiger partial charge >= 0.3 is 0 Å². The molecule has 0 aliphatic heterocycles. The second kappa shape index (κ2) is 8.61. The van der Waals surface area contributed by atoms with E-state index in [1.165, 1.54) is 19.2 Å². The Labute approximate surface area is 153 Å². The van der Waals surface area contributed by atoms with E-state index in [-0.39, 0.29) is 16.8 Å². The molecule has 1 amide bonds. The number of carbonyl (C=O) groups is 1. The number of rotatable bonds is 7. The molecule has 0 saturated heterocycles. The zero-order valence-corrected chi connectivity index (χ0v) is 15.5.